The van der Waals surface area contributed by atoms with Crippen LogP contribution in [0.4, 0.5) is 0 Å². The molecule has 1 heterocycles. The molecule has 0 N–H and O–H groups in total. The van der Waals surface area contributed by atoms with E-state index in [-0.39, 0.29) is 27.7 Å². The van der Waals surface area contributed by atoms with Crippen molar-refractivity contribution in [3.05, 3.63) is 0 Å². The third-order valence-corrected chi connectivity index (χ3v) is 0.204. The Bertz CT molecular complexity index is 10.8. The molecule has 1 fully saturated rings. The standard InChI is InChI=1S/C2H4O.Hg/c1-2-3-1;/h1-2H2;. The van der Waals surface area contributed by atoms with E-state index in [9.17, 15) is 0 Å². The molecule has 1 saturated heterocycles. The van der Waals surface area contributed by atoms with Gasteiger partial charge in [-0.3, -0.25) is 0 Å². The van der Waals surface area contributed by atoms with Crippen LogP contribution in [0.25, 0.3) is 0 Å². The van der Waals surface area contributed by atoms with Gasteiger partial charge < -0.3 is 4.74 Å². The van der Waals surface area contributed by atoms with Crippen molar-refractivity contribution in [1.29, 1.82) is 0 Å². The van der Waals surface area contributed by atoms with Crippen LogP contribution in [0.2, 0.25) is 0 Å². The molecule has 0 unspecified atom stereocenters. The number of ether oxygens (including phenoxy) is 1. The molecule has 0 aromatic heterocycles. The zero-order chi connectivity index (χ0) is 2.12. The minimum Gasteiger partial charge on any atom is -0.377 e. The van der Waals surface area contributed by atoms with Crippen LogP contribution in [0.15, 0.2) is 0 Å². The van der Waals surface area contributed by atoms with E-state index in [0.29, 0.717) is 0 Å². The largest absolute Gasteiger partial charge is 0.377 e. The molecule has 2 heteroatoms. The van der Waals surface area contributed by atoms with Crippen molar-refractivity contribution in [3.63, 3.8) is 0 Å². The Morgan fingerprint density at radius 1 is 1.25 bits per heavy atom. The average Bonchev–Trinajstić information content (AvgIpc) is 1.46. The van der Waals surface area contributed by atoms with E-state index < -0.39 is 0 Å². The van der Waals surface area contributed by atoms with Gasteiger partial charge in [-0.25, -0.2) is 0 Å². The number of rotatable bonds is 0. The summed E-state index contributed by atoms with van der Waals surface area (Å²) in [6, 6.07) is 0. The van der Waals surface area contributed by atoms with Crippen LogP contribution in [0, 0.1) is 0 Å². The Morgan fingerprint density at radius 2 is 1.50 bits per heavy atom. The minimum absolute atomic E-state index is 0. The van der Waals surface area contributed by atoms with Crippen molar-refractivity contribution in [2.24, 2.45) is 0 Å². The summed E-state index contributed by atoms with van der Waals surface area (Å²) >= 11 is 0. The summed E-state index contributed by atoms with van der Waals surface area (Å²) in [5.41, 5.74) is 0. The first-order valence-electron chi connectivity index (χ1n) is 1.08. The van der Waals surface area contributed by atoms with Crippen molar-refractivity contribution in [1.82, 2.24) is 0 Å². The molecule has 0 atom stereocenters. The molecule has 0 spiro atoms. The van der Waals surface area contributed by atoms with Crippen LogP contribution >= 0.6 is 0 Å². The molecule has 0 aliphatic carbocycles. The minimum atomic E-state index is 0. The first-order valence-corrected chi connectivity index (χ1v) is 1.08. The van der Waals surface area contributed by atoms with Crippen molar-refractivity contribution in [2.75, 3.05) is 13.2 Å². The zero-order valence-corrected chi connectivity index (χ0v) is 8.03. The van der Waals surface area contributed by atoms with Crippen LogP contribution in [-0.4, -0.2) is 13.2 Å². The third kappa shape index (κ3) is 2.90. The fraction of sp³-hybridized carbons (Fsp3) is 1.00. The third-order valence-electron chi connectivity index (χ3n) is 0.204. The molecule has 0 amide bonds. The predicted molar refractivity (Wildman–Crippen MR) is 10.8 cm³/mol. The van der Waals surface area contributed by atoms with Crippen LogP contribution < -0.4 is 0 Å². The molecule has 1 rings (SSSR count). The zero-order valence-electron chi connectivity index (χ0n) is 2.53. The molecule has 0 aromatic carbocycles. The van der Waals surface area contributed by atoms with Gasteiger partial charge in [0.05, 0.1) is 13.2 Å². The van der Waals surface area contributed by atoms with Gasteiger partial charge in [0.25, 0.3) is 0 Å². The quantitative estimate of drug-likeness (QED) is 0.432. The first kappa shape index (κ1) is 4.90. The maximum atomic E-state index is 4.50. The van der Waals surface area contributed by atoms with E-state index >= 15 is 0 Å². The maximum Gasteiger partial charge on any atom is 0.0701 e. The molecule has 0 saturated carbocycles. The molecule has 20 valence electrons. The van der Waals surface area contributed by atoms with Gasteiger partial charge in [-0.1, -0.05) is 0 Å². The van der Waals surface area contributed by atoms with Gasteiger partial charge in [0.15, 0.2) is 0 Å². The molecule has 0 radical (unpaired) electrons. The van der Waals surface area contributed by atoms with Crippen LogP contribution in [-0.2, 0) is 32.4 Å². The Kier molecular flexibility index (Phi) is 2.63. The molecule has 1 nitrogen and oxygen atoms in total. The molecule has 1 aliphatic heterocycles. The van der Waals surface area contributed by atoms with Crippen molar-refractivity contribution in [2.45, 2.75) is 0 Å². The summed E-state index contributed by atoms with van der Waals surface area (Å²) in [5, 5.41) is 0. The second kappa shape index (κ2) is 2.15. The van der Waals surface area contributed by atoms with Crippen LogP contribution in [0.1, 0.15) is 0 Å². The number of hydrogen-bond donors (Lipinski definition) is 0. The summed E-state index contributed by atoms with van der Waals surface area (Å²) in [4.78, 5) is 0. The van der Waals surface area contributed by atoms with Crippen LogP contribution in [0.5, 0.6) is 0 Å². The second-order valence-electron chi connectivity index (χ2n) is 0.612. The normalized spacial score (nSPS) is 18.0. The Labute approximate surface area is 45.8 Å². The van der Waals surface area contributed by atoms with Gasteiger partial charge in [0, 0.05) is 27.7 Å². The van der Waals surface area contributed by atoms with E-state index in [0.717, 1.165) is 13.2 Å². The summed E-state index contributed by atoms with van der Waals surface area (Å²) in [6.07, 6.45) is 0. The van der Waals surface area contributed by atoms with Crippen molar-refractivity contribution >= 4 is 0 Å². The number of epoxide rings is 1. The fourth-order valence-electron chi connectivity index (χ4n) is 0. The summed E-state index contributed by atoms with van der Waals surface area (Å²) in [6.45, 7) is 2.00. The average molecular weight is 245 g/mol. The van der Waals surface area contributed by atoms with E-state index in [2.05, 4.69) is 4.74 Å². The summed E-state index contributed by atoms with van der Waals surface area (Å²) in [5.74, 6) is 0. The van der Waals surface area contributed by atoms with Gasteiger partial charge in [0.2, 0.25) is 0 Å². The Hall–Kier alpha value is 0.895. The molecule has 0 bridgehead atoms. The van der Waals surface area contributed by atoms with E-state index in [4.69, 9.17) is 0 Å². The van der Waals surface area contributed by atoms with Crippen molar-refractivity contribution in [3.8, 4) is 0 Å². The van der Waals surface area contributed by atoms with Gasteiger partial charge in [-0.05, 0) is 0 Å². The summed E-state index contributed by atoms with van der Waals surface area (Å²) in [7, 11) is 0. The smallest absolute Gasteiger partial charge is 0.0701 e. The van der Waals surface area contributed by atoms with Crippen molar-refractivity contribution < 1.29 is 32.4 Å². The molecular formula is C2H4HgO. The second-order valence-corrected chi connectivity index (χ2v) is 0.612. The van der Waals surface area contributed by atoms with E-state index in [1.54, 1.807) is 0 Å². The van der Waals surface area contributed by atoms with Gasteiger partial charge in [-0.2, -0.15) is 0 Å². The van der Waals surface area contributed by atoms with Gasteiger partial charge in [-0.15, -0.1) is 0 Å². The summed E-state index contributed by atoms with van der Waals surface area (Å²) < 4.78 is 4.50. The topological polar surface area (TPSA) is 12.5 Å². The monoisotopic (exact) mass is 246 g/mol. The maximum absolute atomic E-state index is 4.50. The van der Waals surface area contributed by atoms with E-state index in [1.165, 1.54) is 0 Å². The predicted octanol–water partition coefficient (Wildman–Crippen LogP) is 0.0141. The van der Waals surface area contributed by atoms with Gasteiger partial charge in [0.1, 0.15) is 0 Å². The molecule has 4 heavy (non-hydrogen) atoms. The van der Waals surface area contributed by atoms with E-state index in [1.807, 2.05) is 0 Å². The fourth-order valence-corrected chi connectivity index (χ4v) is 0. The molecule has 1 aliphatic rings. The molecular weight excluding hydrogens is 241 g/mol. The molecule has 0 aromatic rings. The Morgan fingerprint density at radius 3 is 1.50 bits per heavy atom. The van der Waals surface area contributed by atoms with Gasteiger partial charge >= 0.3 is 0 Å². The SMILES string of the molecule is C1CO1.[Hg]. The number of hydrogen-bond acceptors (Lipinski definition) is 1. The van der Waals surface area contributed by atoms with Crippen LogP contribution in [0.3, 0.4) is 0 Å². The first-order chi connectivity index (χ1) is 1.50. The Balaban J connectivity index is 0.0000000900.